The number of aliphatic hydroxyl groups is 1. The lowest BCUT2D eigenvalue weighted by molar-refractivity contribution is 0.0951. The van der Waals surface area contributed by atoms with Crippen LogP contribution < -0.4 is 4.74 Å². The number of nitrogens with zero attached hydrogens (tertiary/aromatic N) is 3. The van der Waals surface area contributed by atoms with Crippen molar-refractivity contribution < 1.29 is 9.84 Å². The molecule has 1 heterocycles. The summed E-state index contributed by atoms with van der Waals surface area (Å²) in [6.07, 6.45) is 3.80. The van der Waals surface area contributed by atoms with Crippen molar-refractivity contribution >= 4 is 0 Å². The fourth-order valence-corrected chi connectivity index (χ4v) is 4.01. The third-order valence-electron chi connectivity index (χ3n) is 5.49. The topological polar surface area (TPSA) is 50.5 Å². The summed E-state index contributed by atoms with van der Waals surface area (Å²) in [5.74, 6) is 1.99. The molecule has 1 N–H and O–H groups in total. The van der Waals surface area contributed by atoms with Gasteiger partial charge in [-0.25, -0.2) is 4.68 Å². The average Bonchev–Trinajstić information content (AvgIpc) is 3.15. The lowest BCUT2D eigenvalue weighted by Crippen LogP contribution is -2.35. The molecule has 1 atom stereocenters. The van der Waals surface area contributed by atoms with Crippen LogP contribution in [0.4, 0.5) is 0 Å². The van der Waals surface area contributed by atoms with Crippen molar-refractivity contribution in [2.75, 3.05) is 13.1 Å². The molecule has 176 valence electrons. The van der Waals surface area contributed by atoms with Crippen molar-refractivity contribution in [3.05, 3.63) is 84.6 Å². The molecule has 1 aromatic heterocycles. The molecule has 33 heavy (non-hydrogen) atoms. The van der Waals surface area contributed by atoms with E-state index in [4.69, 9.17) is 9.84 Å². The van der Waals surface area contributed by atoms with Crippen LogP contribution in [0.1, 0.15) is 44.9 Å². The lowest BCUT2D eigenvalue weighted by atomic mass is 10.1. The van der Waals surface area contributed by atoms with Gasteiger partial charge in [-0.2, -0.15) is 5.10 Å². The number of aromatic nitrogens is 2. The zero-order valence-electron chi connectivity index (χ0n) is 20.2. The number of allylic oxidation sites excluding steroid dienone is 1. The summed E-state index contributed by atoms with van der Waals surface area (Å²) in [5.41, 5.74) is 3.05. The van der Waals surface area contributed by atoms with Crippen LogP contribution in [0.3, 0.4) is 0 Å². The Bertz CT molecular complexity index is 983. The number of para-hydroxylation sites is 2. The predicted molar refractivity (Wildman–Crippen MR) is 135 cm³/mol. The number of hydrogen-bond donors (Lipinski definition) is 1. The number of benzene rings is 2. The van der Waals surface area contributed by atoms with E-state index in [1.54, 1.807) is 0 Å². The number of hydrogen-bond acceptors (Lipinski definition) is 4. The van der Waals surface area contributed by atoms with Gasteiger partial charge in [0.15, 0.2) is 0 Å². The standard InChI is InChI=1S/C28H37N3O2/c1-5-7-16-24(32)20-30(19-22(3)4)21-26-27(6-2)29-31(23-14-10-8-11-15-23)28(26)33-25-17-12-9-13-18-25/h5,8-15,17-18,22,24,32H,1,6-7,16,19-21H2,2-4H3/t24-/m1/s1. The molecule has 0 bridgehead atoms. The molecule has 3 aromatic rings. The first-order valence-electron chi connectivity index (χ1n) is 11.9. The monoisotopic (exact) mass is 447 g/mol. The summed E-state index contributed by atoms with van der Waals surface area (Å²) < 4.78 is 8.36. The van der Waals surface area contributed by atoms with Gasteiger partial charge in [0.2, 0.25) is 5.88 Å². The minimum atomic E-state index is -0.394. The highest BCUT2D eigenvalue weighted by atomic mass is 16.5. The van der Waals surface area contributed by atoms with E-state index in [0.717, 1.165) is 54.4 Å². The molecular formula is C28H37N3O2. The van der Waals surface area contributed by atoms with E-state index in [-0.39, 0.29) is 0 Å². The first kappa shape index (κ1) is 24.7. The summed E-state index contributed by atoms with van der Waals surface area (Å²) >= 11 is 0. The smallest absolute Gasteiger partial charge is 0.227 e. The zero-order valence-corrected chi connectivity index (χ0v) is 20.2. The Hall–Kier alpha value is -2.89. The van der Waals surface area contributed by atoms with Crippen molar-refractivity contribution in [2.24, 2.45) is 5.92 Å². The van der Waals surface area contributed by atoms with Crippen LogP contribution >= 0.6 is 0 Å². The summed E-state index contributed by atoms with van der Waals surface area (Å²) in [4.78, 5) is 2.32. The Balaban J connectivity index is 2.00. The van der Waals surface area contributed by atoms with Gasteiger partial charge in [-0.15, -0.1) is 6.58 Å². The highest BCUT2D eigenvalue weighted by Gasteiger charge is 2.24. The van der Waals surface area contributed by atoms with Gasteiger partial charge in [0.25, 0.3) is 0 Å². The van der Waals surface area contributed by atoms with Gasteiger partial charge in [-0.05, 0) is 49.4 Å². The van der Waals surface area contributed by atoms with Crippen LogP contribution in [0.2, 0.25) is 0 Å². The largest absolute Gasteiger partial charge is 0.439 e. The zero-order chi connectivity index (χ0) is 23.6. The molecule has 0 amide bonds. The van der Waals surface area contributed by atoms with Crippen LogP contribution in [0.5, 0.6) is 11.6 Å². The molecule has 3 rings (SSSR count). The molecule has 5 nitrogen and oxygen atoms in total. The molecule has 0 unspecified atom stereocenters. The Morgan fingerprint density at radius 3 is 2.33 bits per heavy atom. The predicted octanol–water partition coefficient (Wildman–Crippen LogP) is 6.01. The number of ether oxygens (including phenoxy) is 1. The van der Waals surface area contributed by atoms with Crippen LogP contribution in [-0.4, -0.2) is 39.0 Å². The van der Waals surface area contributed by atoms with Crippen LogP contribution in [-0.2, 0) is 13.0 Å². The van der Waals surface area contributed by atoms with Crippen molar-refractivity contribution in [3.63, 3.8) is 0 Å². The van der Waals surface area contributed by atoms with Gasteiger partial charge < -0.3 is 9.84 Å². The number of rotatable bonds is 13. The third kappa shape index (κ3) is 7.04. The molecule has 0 fully saturated rings. The van der Waals surface area contributed by atoms with E-state index >= 15 is 0 Å². The lowest BCUT2D eigenvalue weighted by Gasteiger charge is -2.27. The van der Waals surface area contributed by atoms with Gasteiger partial charge in [-0.1, -0.05) is 63.2 Å². The van der Waals surface area contributed by atoms with Gasteiger partial charge in [0, 0.05) is 19.6 Å². The van der Waals surface area contributed by atoms with E-state index in [1.165, 1.54) is 0 Å². The van der Waals surface area contributed by atoms with Crippen LogP contribution in [0, 0.1) is 5.92 Å². The van der Waals surface area contributed by atoms with Crippen LogP contribution in [0.15, 0.2) is 73.3 Å². The minimum Gasteiger partial charge on any atom is -0.439 e. The second-order valence-corrected chi connectivity index (χ2v) is 8.85. The molecule has 0 aliphatic rings. The maximum atomic E-state index is 10.6. The van der Waals surface area contributed by atoms with Gasteiger partial charge in [-0.3, -0.25) is 4.90 Å². The number of aliphatic hydroxyl groups excluding tert-OH is 1. The van der Waals surface area contributed by atoms with E-state index in [1.807, 2.05) is 71.4 Å². The molecule has 0 aliphatic carbocycles. The van der Waals surface area contributed by atoms with E-state index in [9.17, 15) is 5.11 Å². The Morgan fingerprint density at radius 2 is 1.73 bits per heavy atom. The SMILES string of the molecule is C=CCC[C@@H](O)CN(Cc1c(CC)nn(-c2ccccc2)c1Oc1ccccc1)CC(C)C. The maximum absolute atomic E-state index is 10.6. The van der Waals surface area contributed by atoms with Crippen LogP contribution in [0.25, 0.3) is 5.69 Å². The van der Waals surface area contributed by atoms with Crippen molar-refractivity contribution in [1.29, 1.82) is 0 Å². The highest BCUT2D eigenvalue weighted by molar-refractivity contribution is 5.43. The van der Waals surface area contributed by atoms with Gasteiger partial charge in [0.1, 0.15) is 5.75 Å². The second kappa shape index (κ2) is 12.4. The quantitative estimate of drug-likeness (QED) is 0.326. The van der Waals surface area contributed by atoms with Gasteiger partial charge in [0.05, 0.1) is 23.0 Å². The summed E-state index contributed by atoms with van der Waals surface area (Å²) in [7, 11) is 0. The first-order chi connectivity index (χ1) is 16.0. The molecule has 0 radical (unpaired) electrons. The minimum absolute atomic E-state index is 0.394. The van der Waals surface area contributed by atoms with Crippen molar-refractivity contribution in [1.82, 2.24) is 14.7 Å². The first-order valence-corrected chi connectivity index (χ1v) is 11.9. The van der Waals surface area contributed by atoms with Crippen molar-refractivity contribution in [2.45, 2.75) is 52.7 Å². The average molecular weight is 448 g/mol. The number of aryl methyl sites for hydroxylation is 1. The Labute approximate surface area is 198 Å². The highest BCUT2D eigenvalue weighted by Crippen LogP contribution is 2.32. The molecule has 0 aliphatic heterocycles. The Morgan fingerprint density at radius 1 is 1.06 bits per heavy atom. The normalized spacial score (nSPS) is 12.3. The summed E-state index contributed by atoms with van der Waals surface area (Å²) in [5, 5.41) is 15.6. The van der Waals surface area contributed by atoms with Gasteiger partial charge >= 0.3 is 0 Å². The third-order valence-corrected chi connectivity index (χ3v) is 5.49. The molecule has 2 aromatic carbocycles. The molecule has 0 spiro atoms. The summed E-state index contributed by atoms with van der Waals surface area (Å²) in [6, 6.07) is 19.9. The van der Waals surface area contributed by atoms with Crippen molar-refractivity contribution in [3.8, 4) is 17.3 Å². The van der Waals surface area contributed by atoms with E-state index in [2.05, 4.69) is 32.3 Å². The summed E-state index contributed by atoms with van der Waals surface area (Å²) in [6.45, 7) is 12.5. The van der Waals surface area contributed by atoms with E-state index in [0.29, 0.717) is 19.0 Å². The Kier molecular flexibility index (Phi) is 9.28. The van der Waals surface area contributed by atoms with E-state index < -0.39 is 6.10 Å². The fraction of sp³-hybridized carbons (Fsp3) is 0.393. The molecular weight excluding hydrogens is 410 g/mol. The molecule has 0 saturated heterocycles. The second-order valence-electron chi connectivity index (χ2n) is 8.85. The fourth-order valence-electron chi connectivity index (χ4n) is 4.01. The maximum Gasteiger partial charge on any atom is 0.227 e. The molecule has 0 saturated carbocycles. The molecule has 5 heteroatoms.